The highest BCUT2D eigenvalue weighted by atomic mass is 32.2. The predicted octanol–water partition coefficient (Wildman–Crippen LogP) is 1.30. The fraction of sp³-hybridized carbons (Fsp3) is 0.462. The highest BCUT2D eigenvalue weighted by Gasteiger charge is 2.13. The monoisotopic (exact) mass is 267 g/mol. The van der Waals surface area contributed by atoms with Crippen LogP contribution in [0, 0.1) is 0 Å². The number of sulfone groups is 1. The largest absolute Gasteiger partial charge is 0.309 e. The fourth-order valence-electron chi connectivity index (χ4n) is 2.11. The van der Waals surface area contributed by atoms with E-state index in [1.165, 1.54) is 17.4 Å². The molecule has 0 spiro atoms. The maximum atomic E-state index is 11.9. The van der Waals surface area contributed by atoms with Gasteiger partial charge in [0.05, 0.1) is 5.75 Å². The number of ketones is 1. The molecule has 0 atom stereocenters. The molecule has 0 fully saturated rings. The van der Waals surface area contributed by atoms with E-state index in [0.29, 0.717) is 18.4 Å². The SMILES string of the molecule is CS(=O)(=O)CCCC(=O)c1ccc2c(c1)CNC2. The second-order valence-electron chi connectivity index (χ2n) is 4.74. The molecule has 1 aromatic rings. The van der Waals surface area contributed by atoms with Gasteiger partial charge in [0.15, 0.2) is 5.78 Å². The van der Waals surface area contributed by atoms with Crippen molar-refractivity contribution in [2.45, 2.75) is 25.9 Å². The van der Waals surface area contributed by atoms with Crippen LogP contribution >= 0.6 is 0 Å². The molecule has 5 heteroatoms. The van der Waals surface area contributed by atoms with E-state index in [1.807, 2.05) is 18.2 Å². The van der Waals surface area contributed by atoms with Crippen LogP contribution in [-0.2, 0) is 22.9 Å². The first-order valence-corrected chi connectivity index (χ1v) is 8.05. The molecule has 1 aliphatic rings. The fourth-order valence-corrected chi connectivity index (χ4v) is 2.78. The minimum atomic E-state index is -2.97. The Morgan fingerprint density at radius 1 is 1.28 bits per heavy atom. The maximum absolute atomic E-state index is 11.9. The van der Waals surface area contributed by atoms with Gasteiger partial charge in [-0.2, -0.15) is 0 Å². The van der Waals surface area contributed by atoms with Crippen LogP contribution in [0.25, 0.3) is 0 Å². The van der Waals surface area contributed by atoms with Crippen molar-refractivity contribution in [2.75, 3.05) is 12.0 Å². The third kappa shape index (κ3) is 3.40. The number of nitrogens with one attached hydrogen (secondary N) is 1. The molecular weight excluding hydrogens is 250 g/mol. The summed E-state index contributed by atoms with van der Waals surface area (Å²) in [4.78, 5) is 11.9. The summed E-state index contributed by atoms with van der Waals surface area (Å²) in [5.74, 6) is 0.0963. The number of carbonyl (C=O) groups is 1. The van der Waals surface area contributed by atoms with E-state index in [0.717, 1.165) is 13.1 Å². The normalized spacial score (nSPS) is 14.5. The lowest BCUT2D eigenvalue weighted by Crippen LogP contribution is -2.07. The summed E-state index contributed by atoms with van der Waals surface area (Å²) in [6, 6.07) is 5.71. The van der Waals surface area contributed by atoms with E-state index in [-0.39, 0.29) is 11.5 Å². The first-order valence-electron chi connectivity index (χ1n) is 5.99. The highest BCUT2D eigenvalue weighted by molar-refractivity contribution is 7.90. The third-order valence-electron chi connectivity index (χ3n) is 3.08. The van der Waals surface area contributed by atoms with E-state index >= 15 is 0 Å². The van der Waals surface area contributed by atoms with Gasteiger partial charge >= 0.3 is 0 Å². The van der Waals surface area contributed by atoms with Crippen molar-refractivity contribution < 1.29 is 13.2 Å². The lowest BCUT2D eigenvalue weighted by atomic mass is 10.0. The van der Waals surface area contributed by atoms with E-state index in [4.69, 9.17) is 0 Å². The molecule has 1 N–H and O–H groups in total. The number of carbonyl (C=O) groups excluding carboxylic acids is 1. The van der Waals surface area contributed by atoms with Crippen molar-refractivity contribution in [3.8, 4) is 0 Å². The van der Waals surface area contributed by atoms with Crippen LogP contribution in [0.1, 0.15) is 34.3 Å². The highest BCUT2D eigenvalue weighted by Crippen LogP contribution is 2.18. The van der Waals surface area contributed by atoms with Crippen LogP contribution in [0.5, 0.6) is 0 Å². The maximum Gasteiger partial charge on any atom is 0.162 e. The number of rotatable bonds is 5. The first-order chi connectivity index (χ1) is 8.46. The smallest absolute Gasteiger partial charge is 0.162 e. The molecular formula is C13H17NO3S. The van der Waals surface area contributed by atoms with Gasteiger partial charge in [-0.15, -0.1) is 0 Å². The minimum Gasteiger partial charge on any atom is -0.309 e. The Bertz CT molecular complexity index is 564. The second kappa shape index (κ2) is 5.20. The minimum absolute atomic E-state index is 0.0216. The molecule has 1 aliphatic heterocycles. The molecule has 2 rings (SSSR count). The lowest BCUT2D eigenvalue weighted by molar-refractivity contribution is 0.0982. The number of Topliss-reactive ketones (excluding diaryl/α,β-unsaturated/α-hetero) is 1. The summed E-state index contributed by atoms with van der Waals surface area (Å²) in [5, 5.41) is 3.23. The van der Waals surface area contributed by atoms with Gasteiger partial charge in [0.2, 0.25) is 0 Å². The van der Waals surface area contributed by atoms with E-state index in [9.17, 15) is 13.2 Å². The first kappa shape index (κ1) is 13.2. The summed E-state index contributed by atoms with van der Waals surface area (Å²) < 4.78 is 22.0. The van der Waals surface area contributed by atoms with Crippen LogP contribution in [0.4, 0.5) is 0 Å². The molecule has 0 aromatic heterocycles. The molecule has 1 aromatic carbocycles. The summed E-state index contributed by atoms with van der Waals surface area (Å²) in [7, 11) is -2.97. The second-order valence-corrected chi connectivity index (χ2v) is 7.00. The van der Waals surface area contributed by atoms with Gasteiger partial charge in [0.1, 0.15) is 9.84 Å². The van der Waals surface area contributed by atoms with Crippen molar-refractivity contribution in [3.05, 3.63) is 34.9 Å². The zero-order chi connectivity index (χ0) is 13.2. The molecule has 0 bridgehead atoms. The van der Waals surface area contributed by atoms with E-state index in [1.54, 1.807) is 0 Å². The summed E-state index contributed by atoms with van der Waals surface area (Å²) in [6.45, 7) is 1.66. The molecule has 0 radical (unpaired) electrons. The molecule has 1 heterocycles. The van der Waals surface area contributed by atoms with E-state index < -0.39 is 9.84 Å². The number of hydrogen-bond acceptors (Lipinski definition) is 4. The molecule has 0 saturated heterocycles. The van der Waals surface area contributed by atoms with Crippen molar-refractivity contribution in [3.63, 3.8) is 0 Å². The van der Waals surface area contributed by atoms with Crippen molar-refractivity contribution in [1.29, 1.82) is 0 Å². The quantitative estimate of drug-likeness (QED) is 0.817. The Labute approximate surface area is 107 Å². The van der Waals surface area contributed by atoms with Gasteiger partial charge in [-0.05, 0) is 23.6 Å². The van der Waals surface area contributed by atoms with Gasteiger partial charge < -0.3 is 5.32 Å². The van der Waals surface area contributed by atoms with Crippen LogP contribution in [0.2, 0.25) is 0 Å². The Kier molecular flexibility index (Phi) is 3.82. The molecule has 0 aliphatic carbocycles. The van der Waals surface area contributed by atoms with Crippen molar-refractivity contribution >= 4 is 15.6 Å². The molecule has 98 valence electrons. The lowest BCUT2D eigenvalue weighted by Gasteiger charge is -2.03. The number of benzene rings is 1. The summed E-state index contributed by atoms with van der Waals surface area (Å²) in [5.41, 5.74) is 3.10. The topological polar surface area (TPSA) is 63.2 Å². The van der Waals surface area contributed by atoms with Gasteiger partial charge in [-0.1, -0.05) is 12.1 Å². The van der Waals surface area contributed by atoms with E-state index in [2.05, 4.69) is 5.32 Å². The zero-order valence-electron chi connectivity index (χ0n) is 10.4. The zero-order valence-corrected chi connectivity index (χ0v) is 11.2. The van der Waals surface area contributed by atoms with Crippen LogP contribution < -0.4 is 5.32 Å². The molecule has 0 saturated carbocycles. The molecule has 4 nitrogen and oxygen atoms in total. The summed E-state index contributed by atoms with van der Waals surface area (Å²) >= 11 is 0. The van der Waals surface area contributed by atoms with Crippen molar-refractivity contribution in [2.24, 2.45) is 0 Å². The number of fused-ring (bicyclic) bond motifs is 1. The van der Waals surface area contributed by atoms with Crippen molar-refractivity contribution in [1.82, 2.24) is 5.32 Å². The average molecular weight is 267 g/mol. The Hall–Kier alpha value is -1.20. The molecule has 18 heavy (non-hydrogen) atoms. The third-order valence-corrected chi connectivity index (χ3v) is 4.11. The Morgan fingerprint density at radius 2 is 2.00 bits per heavy atom. The average Bonchev–Trinajstić information content (AvgIpc) is 2.73. The van der Waals surface area contributed by atoms with Gasteiger partial charge in [0, 0.05) is 31.3 Å². The Balaban J connectivity index is 1.97. The van der Waals surface area contributed by atoms with Crippen LogP contribution in [0.15, 0.2) is 18.2 Å². The van der Waals surface area contributed by atoms with Gasteiger partial charge in [0.25, 0.3) is 0 Å². The number of hydrogen-bond donors (Lipinski definition) is 1. The van der Waals surface area contributed by atoms with Crippen LogP contribution in [0.3, 0.4) is 0 Å². The van der Waals surface area contributed by atoms with Gasteiger partial charge in [-0.25, -0.2) is 8.42 Å². The van der Waals surface area contributed by atoms with Gasteiger partial charge in [-0.3, -0.25) is 4.79 Å². The molecule has 0 unspecified atom stereocenters. The standard InChI is InChI=1S/C13H17NO3S/c1-18(16,17)6-2-3-13(15)10-4-5-11-8-14-9-12(11)7-10/h4-5,7,14H,2-3,6,8-9H2,1H3. The Morgan fingerprint density at radius 3 is 2.72 bits per heavy atom. The van der Waals surface area contributed by atoms with Crippen LogP contribution in [-0.4, -0.2) is 26.2 Å². The summed E-state index contributed by atoms with van der Waals surface area (Å²) in [6.07, 6.45) is 1.88. The predicted molar refractivity (Wildman–Crippen MR) is 70.3 cm³/mol. The molecule has 0 amide bonds.